The van der Waals surface area contributed by atoms with Crippen LogP contribution in [0.3, 0.4) is 0 Å². The van der Waals surface area contributed by atoms with E-state index in [1.54, 1.807) is 12.3 Å². The second kappa shape index (κ2) is 5.27. The summed E-state index contributed by atoms with van der Waals surface area (Å²) in [5, 5.41) is 16.5. The molecular formula is C13H11N5OS. The molecule has 2 aromatic heterocycles. The van der Waals surface area contributed by atoms with Crippen LogP contribution in [0.5, 0.6) is 0 Å². The Kier molecular flexibility index (Phi) is 3.31. The number of hydrogen-bond donors (Lipinski definition) is 2. The number of hydrogen-bond acceptors (Lipinski definition) is 6. The number of aromatic nitrogens is 2. The van der Waals surface area contributed by atoms with Gasteiger partial charge in [-0.15, -0.1) is 11.3 Å². The minimum atomic E-state index is -0.119. The zero-order valence-electron chi connectivity index (χ0n) is 10.5. The van der Waals surface area contributed by atoms with Crippen molar-refractivity contribution in [3.63, 3.8) is 0 Å². The number of fused-ring (bicyclic) bond motifs is 1. The summed E-state index contributed by atoms with van der Waals surface area (Å²) in [5.74, 6) is 0.326. The van der Waals surface area contributed by atoms with E-state index >= 15 is 0 Å². The second-order valence-corrected chi connectivity index (χ2v) is 5.26. The summed E-state index contributed by atoms with van der Waals surface area (Å²) in [6.45, 7) is 0.661. The number of anilines is 2. The lowest BCUT2D eigenvalue weighted by Crippen LogP contribution is -2.23. The lowest BCUT2D eigenvalue weighted by Gasteiger charge is -2.06. The van der Waals surface area contributed by atoms with Crippen molar-refractivity contribution >= 4 is 28.9 Å². The van der Waals surface area contributed by atoms with Crippen LogP contribution in [-0.2, 0) is 6.42 Å². The molecule has 2 aromatic rings. The third-order valence-corrected chi connectivity index (χ3v) is 3.79. The number of carbonyl (C=O) groups excluding carboxylic acids is 1. The molecule has 0 unspecified atom stereocenters. The summed E-state index contributed by atoms with van der Waals surface area (Å²) in [5.41, 5.74) is 2.08. The number of amides is 1. The molecule has 1 aliphatic rings. The molecule has 100 valence electrons. The van der Waals surface area contributed by atoms with Crippen molar-refractivity contribution < 1.29 is 4.79 Å². The summed E-state index contributed by atoms with van der Waals surface area (Å²) in [6, 6.07) is 3.82. The molecule has 0 saturated heterocycles. The summed E-state index contributed by atoms with van der Waals surface area (Å²) < 4.78 is 0. The van der Waals surface area contributed by atoms with E-state index in [-0.39, 0.29) is 5.91 Å². The van der Waals surface area contributed by atoms with Gasteiger partial charge in [-0.3, -0.25) is 4.79 Å². The monoisotopic (exact) mass is 285 g/mol. The molecule has 1 amide bonds. The molecule has 0 atom stereocenters. The van der Waals surface area contributed by atoms with Gasteiger partial charge in [0.25, 0.3) is 5.91 Å². The molecule has 3 heterocycles. The van der Waals surface area contributed by atoms with Crippen LogP contribution < -0.4 is 10.6 Å². The van der Waals surface area contributed by atoms with Crippen molar-refractivity contribution in [1.82, 2.24) is 15.3 Å². The number of carbonyl (C=O) groups is 1. The smallest absolute Gasteiger partial charge is 0.254 e. The predicted octanol–water partition coefficient (Wildman–Crippen LogP) is 1.83. The van der Waals surface area contributed by atoms with Gasteiger partial charge in [-0.1, -0.05) is 0 Å². The van der Waals surface area contributed by atoms with Crippen molar-refractivity contribution in [1.29, 1.82) is 5.26 Å². The minimum Gasteiger partial charge on any atom is -0.352 e. The van der Waals surface area contributed by atoms with E-state index in [0.29, 0.717) is 22.9 Å². The third-order valence-electron chi connectivity index (χ3n) is 2.95. The van der Waals surface area contributed by atoms with E-state index in [1.165, 1.54) is 11.3 Å². The Morgan fingerprint density at radius 2 is 2.40 bits per heavy atom. The van der Waals surface area contributed by atoms with Crippen molar-refractivity contribution in [2.45, 2.75) is 12.8 Å². The maximum atomic E-state index is 11.8. The predicted molar refractivity (Wildman–Crippen MR) is 75.0 cm³/mol. The molecular weight excluding hydrogens is 274 g/mol. The van der Waals surface area contributed by atoms with Gasteiger partial charge in [-0.05, 0) is 18.9 Å². The summed E-state index contributed by atoms with van der Waals surface area (Å²) in [7, 11) is 0. The van der Waals surface area contributed by atoms with Crippen molar-refractivity contribution in [3.05, 3.63) is 33.8 Å². The number of aryl methyl sites for hydroxylation is 1. The Bertz CT molecular complexity index is 703. The van der Waals surface area contributed by atoms with Crippen LogP contribution in [0.2, 0.25) is 0 Å². The number of thiophene rings is 1. The first-order chi connectivity index (χ1) is 9.76. The highest BCUT2D eigenvalue weighted by Crippen LogP contribution is 2.22. The van der Waals surface area contributed by atoms with Gasteiger partial charge in [-0.2, -0.15) is 5.26 Å². The van der Waals surface area contributed by atoms with Crippen LogP contribution in [0.4, 0.5) is 11.6 Å². The number of nitrogens with zero attached hydrogens (tertiary/aromatic N) is 3. The van der Waals surface area contributed by atoms with Gasteiger partial charge in [0.05, 0.1) is 16.9 Å². The molecule has 0 saturated carbocycles. The highest BCUT2D eigenvalue weighted by Gasteiger charge is 2.17. The van der Waals surface area contributed by atoms with Gasteiger partial charge in [0.2, 0.25) is 5.95 Å². The lowest BCUT2D eigenvalue weighted by atomic mass is 10.1. The molecule has 0 fully saturated rings. The van der Waals surface area contributed by atoms with Gasteiger partial charge in [0, 0.05) is 18.1 Å². The molecule has 0 bridgehead atoms. The van der Waals surface area contributed by atoms with E-state index in [2.05, 4.69) is 26.7 Å². The fourth-order valence-corrected chi connectivity index (χ4v) is 2.63. The SMILES string of the molecule is N#Cc1cc(Nc2ncc3c(n2)CCCNC3=O)cs1. The summed E-state index contributed by atoms with van der Waals surface area (Å²) in [4.78, 5) is 20.9. The van der Waals surface area contributed by atoms with Crippen LogP contribution in [0.25, 0.3) is 0 Å². The Morgan fingerprint density at radius 1 is 1.50 bits per heavy atom. The fourth-order valence-electron chi connectivity index (χ4n) is 2.00. The fraction of sp³-hybridized carbons (Fsp3) is 0.231. The second-order valence-electron chi connectivity index (χ2n) is 4.35. The van der Waals surface area contributed by atoms with Gasteiger partial charge >= 0.3 is 0 Å². The first kappa shape index (κ1) is 12.6. The quantitative estimate of drug-likeness (QED) is 0.878. The van der Waals surface area contributed by atoms with E-state index < -0.39 is 0 Å². The zero-order chi connectivity index (χ0) is 13.9. The van der Waals surface area contributed by atoms with Gasteiger partial charge in [0.1, 0.15) is 10.9 Å². The molecule has 3 rings (SSSR count). The van der Waals surface area contributed by atoms with E-state index in [1.807, 2.05) is 5.38 Å². The van der Waals surface area contributed by atoms with E-state index in [9.17, 15) is 4.79 Å². The topological polar surface area (TPSA) is 90.7 Å². The van der Waals surface area contributed by atoms with Crippen LogP contribution in [0, 0.1) is 11.3 Å². The van der Waals surface area contributed by atoms with E-state index in [0.717, 1.165) is 24.2 Å². The highest BCUT2D eigenvalue weighted by molar-refractivity contribution is 7.11. The minimum absolute atomic E-state index is 0.119. The van der Waals surface area contributed by atoms with Crippen LogP contribution >= 0.6 is 11.3 Å². The van der Waals surface area contributed by atoms with Gasteiger partial charge in [0.15, 0.2) is 0 Å². The first-order valence-electron chi connectivity index (χ1n) is 6.16. The molecule has 0 spiro atoms. The van der Waals surface area contributed by atoms with Crippen LogP contribution in [-0.4, -0.2) is 22.4 Å². The van der Waals surface area contributed by atoms with Gasteiger partial charge < -0.3 is 10.6 Å². The molecule has 2 N–H and O–H groups in total. The normalized spacial score (nSPS) is 13.8. The number of nitrogens with one attached hydrogen (secondary N) is 2. The third kappa shape index (κ3) is 2.46. The molecule has 0 aliphatic carbocycles. The lowest BCUT2D eigenvalue weighted by molar-refractivity contribution is 0.0955. The molecule has 0 radical (unpaired) electrons. The Morgan fingerprint density at radius 3 is 3.20 bits per heavy atom. The standard InChI is InChI=1S/C13H11N5OS/c14-5-9-4-8(7-20-9)17-13-16-6-10-11(18-13)2-1-3-15-12(10)19/h4,6-7H,1-3H2,(H,15,19)(H,16,17,18). The molecule has 6 nitrogen and oxygen atoms in total. The van der Waals surface area contributed by atoms with Crippen LogP contribution in [0.15, 0.2) is 17.6 Å². The van der Waals surface area contributed by atoms with Crippen LogP contribution in [0.1, 0.15) is 27.3 Å². The van der Waals surface area contributed by atoms with Crippen molar-refractivity contribution in [2.75, 3.05) is 11.9 Å². The summed E-state index contributed by atoms with van der Waals surface area (Å²) in [6.07, 6.45) is 3.16. The molecule has 20 heavy (non-hydrogen) atoms. The number of nitriles is 1. The largest absolute Gasteiger partial charge is 0.352 e. The maximum Gasteiger partial charge on any atom is 0.254 e. The highest BCUT2D eigenvalue weighted by atomic mass is 32.1. The van der Waals surface area contributed by atoms with Gasteiger partial charge in [-0.25, -0.2) is 9.97 Å². The average molecular weight is 285 g/mol. The van der Waals surface area contributed by atoms with Crippen molar-refractivity contribution in [3.8, 4) is 6.07 Å². The Balaban J connectivity index is 1.86. The Labute approximate surface area is 119 Å². The number of rotatable bonds is 2. The molecule has 7 heteroatoms. The molecule has 1 aliphatic heterocycles. The zero-order valence-corrected chi connectivity index (χ0v) is 11.3. The average Bonchev–Trinajstić information content (AvgIpc) is 2.83. The van der Waals surface area contributed by atoms with E-state index in [4.69, 9.17) is 5.26 Å². The molecule has 0 aromatic carbocycles. The Hall–Kier alpha value is -2.46. The first-order valence-corrected chi connectivity index (χ1v) is 7.04. The summed E-state index contributed by atoms with van der Waals surface area (Å²) >= 11 is 1.36. The van der Waals surface area contributed by atoms with Crippen molar-refractivity contribution in [2.24, 2.45) is 0 Å². The maximum absolute atomic E-state index is 11.8.